The number of ether oxygens (including phenoxy) is 1. The van der Waals surface area contributed by atoms with Crippen molar-refractivity contribution in [3.8, 4) is 11.5 Å². The third kappa shape index (κ3) is 11.1. The fourth-order valence-electron chi connectivity index (χ4n) is 4.74. The number of carboxylic acids is 3. The number of benzene rings is 2. The molecule has 3 aromatic rings. The maximum Gasteiger partial charge on any atom is 0.510 e. The maximum absolute atomic E-state index is 13.7. The zero-order valence-corrected chi connectivity index (χ0v) is 26.7. The van der Waals surface area contributed by atoms with Gasteiger partial charge in [-0.3, -0.25) is 19.2 Å². The van der Waals surface area contributed by atoms with Crippen molar-refractivity contribution in [1.29, 1.82) is 0 Å². The predicted octanol–water partition coefficient (Wildman–Crippen LogP) is 1.79. The Morgan fingerprint density at radius 2 is 1.51 bits per heavy atom. The summed E-state index contributed by atoms with van der Waals surface area (Å²) in [6.07, 6.45) is -0.0310. The second-order valence-electron chi connectivity index (χ2n) is 11.4. The zero-order valence-electron chi connectivity index (χ0n) is 25.9. The number of amides is 1. The molecule has 2 atom stereocenters. The molecule has 1 heterocycles. The lowest BCUT2D eigenvalue weighted by Crippen LogP contribution is -2.56. The molecule has 1 aromatic heterocycles. The molecule has 6 N–H and O–H groups in total. The highest BCUT2D eigenvalue weighted by Gasteiger charge is 2.48. The van der Waals surface area contributed by atoms with E-state index >= 15 is 0 Å². The van der Waals surface area contributed by atoms with Crippen molar-refractivity contribution >= 4 is 41.0 Å². The Kier molecular flexibility index (Phi) is 12.4. The van der Waals surface area contributed by atoms with Crippen LogP contribution in [0.5, 0.6) is 11.5 Å². The van der Waals surface area contributed by atoms with Gasteiger partial charge in [0.15, 0.2) is 5.03 Å². The molecule has 2 aromatic carbocycles. The number of hydrogen-bond acceptors (Lipinski definition) is 11. The van der Waals surface area contributed by atoms with E-state index in [1.165, 1.54) is 18.3 Å². The van der Waals surface area contributed by atoms with Crippen LogP contribution in [0.3, 0.4) is 0 Å². The number of aliphatic carboxylic acids is 3. The molecule has 0 spiro atoms. The first-order chi connectivity index (χ1) is 23.3. The van der Waals surface area contributed by atoms with Crippen LogP contribution in [0, 0.1) is 5.92 Å². The first kappa shape index (κ1) is 37.0. The Morgan fingerprint density at radius 1 is 0.898 bits per heavy atom. The van der Waals surface area contributed by atoms with Crippen LogP contribution >= 0.6 is 0 Å². The van der Waals surface area contributed by atoms with Crippen molar-refractivity contribution in [3.05, 3.63) is 84.6 Å². The van der Waals surface area contributed by atoms with Gasteiger partial charge in [-0.05, 0) is 48.6 Å². The standard InChI is InChI=1S/C31H34BN3O13S/c36-27(37)17-31(30(41)42,18-28(38)39)47-48-32(43)25(16-21-11-12-21)34-29(40)24(15-20-7-3-1-4-8-20)35-49(44,45)26-14-13-23(19-33-26)46-22-9-5-2-6-10-22/h1-10,13-14,19,21,24-25,35,43H,11-12,15-18H2,(H,34,40)(H,36,37)(H,38,39)(H,41,42)/t24-,25-/m0/s1. The van der Waals surface area contributed by atoms with Gasteiger partial charge in [0.1, 0.15) is 17.5 Å². The van der Waals surface area contributed by atoms with Gasteiger partial charge < -0.3 is 30.4 Å². The molecule has 0 radical (unpaired) electrons. The molecule has 260 valence electrons. The molecule has 1 aliphatic rings. The highest BCUT2D eigenvalue weighted by Crippen LogP contribution is 2.34. The van der Waals surface area contributed by atoms with Crippen LogP contribution in [0.4, 0.5) is 0 Å². The van der Waals surface area contributed by atoms with Crippen LogP contribution in [0.2, 0.25) is 0 Å². The third-order valence-electron chi connectivity index (χ3n) is 7.39. The molecule has 0 saturated heterocycles. The number of carbonyl (C=O) groups is 4. The summed E-state index contributed by atoms with van der Waals surface area (Å²) in [6.45, 7) is 0. The molecule has 4 rings (SSSR count). The number of rotatable bonds is 20. The van der Waals surface area contributed by atoms with E-state index in [0.29, 0.717) is 11.3 Å². The number of carboxylic acid groups (broad SMARTS) is 3. The Bertz CT molecular complexity index is 1690. The normalized spacial score (nSPS) is 14.3. The number of carbonyl (C=O) groups excluding carboxylic acids is 1. The van der Waals surface area contributed by atoms with Gasteiger partial charge in [-0.25, -0.2) is 23.1 Å². The zero-order chi connectivity index (χ0) is 35.6. The molecule has 1 aliphatic carbocycles. The highest BCUT2D eigenvalue weighted by molar-refractivity contribution is 7.89. The van der Waals surface area contributed by atoms with E-state index in [9.17, 15) is 47.9 Å². The quantitative estimate of drug-likeness (QED) is 0.0559. The summed E-state index contributed by atoms with van der Waals surface area (Å²) in [6, 6.07) is 18.3. The van der Waals surface area contributed by atoms with Crippen LogP contribution in [-0.2, 0) is 45.3 Å². The summed E-state index contributed by atoms with van der Waals surface area (Å²) in [5.41, 5.74) is -2.33. The molecule has 1 saturated carbocycles. The lowest BCUT2D eigenvalue weighted by molar-refractivity contribution is -0.303. The Labute approximate surface area is 281 Å². The Balaban J connectivity index is 1.52. The van der Waals surface area contributed by atoms with E-state index in [0.717, 1.165) is 12.8 Å². The second-order valence-corrected chi connectivity index (χ2v) is 13.1. The van der Waals surface area contributed by atoms with Gasteiger partial charge in [0.05, 0.1) is 25.0 Å². The fourth-order valence-corrected chi connectivity index (χ4v) is 5.87. The van der Waals surface area contributed by atoms with Crippen LogP contribution in [0.15, 0.2) is 84.0 Å². The Morgan fingerprint density at radius 3 is 2.04 bits per heavy atom. The molecule has 1 amide bonds. The van der Waals surface area contributed by atoms with Crippen molar-refractivity contribution in [1.82, 2.24) is 15.0 Å². The van der Waals surface area contributed by atoms with Crippen molar-refractivity contribution in [2.45, 2.75) is 61.1 Å². The smallest absolute Gasteiger partial charge is 0.481 e. The summed E-state index contributed by atoms with van der Waals surface area (Å²) < 4.78 is 34.9. The minimum absolute atomic E-state index is 0.0101. The highest BCUT2D eigenvalue weighted by atomic mass is 32.2. The second kappa shape index (κ2) is 16.5. The average Bonchev–Trinajstić information content (AvgIpc) is 3.87. The number of sulfonamides is 1. The summed E-state index contributed by atoms with van der Waals surface area (Å²) in [4.78, 5) is 61.9. The van der Waals surface area contributed by atoms with Crippen molar-refractivity contribution in [2.24, 2.45) is 5.92 Å². The Hall–Kier alpha value is -4.88. The average molecular weight is 700 g/mol. The van der Waals surface area contributed by atoms with E-state index < -0.39 is 76.4 Å². The van der Waals surface area contributed by atoms with Gasteiger partial charge in [0, 0.05) is 0 Å². The number of para-hydroxylation sites is 1. The molecule has 18 heteroatoms. The lowest BCUT2D eigenvalue weighted by atomic mass is 9.76. The first-order valence-corrected chi connectivity index (χ1v) is 16.5. The number of hydrogen-bond donors (Lipinski definition) is 6. The summed E-state index contributed by atoms with van der Waals surface area (Å²) >= 11 is 0. The van der Waals surface area contributed by atoms with E-state index in [2.05, 4.69) is 15.0 Å². The van der Waals surface area contributed by atoms with E-state index in [-0.39, 0.29) is 24.5 Å². The summed E-state index contributed by atoms with van der Waals surface area (Å²) in [7, 11) is -6.53. The number of pyridine rings is 1. The van der Waals surface area contributed by atoms with Gasteiger partial charge in [-0.2, -0.15) is 4.72 Å². The van der Waals surface area contributed by atoms with Gasteiger partial charge in [0.2, 0.25) is 11.5 Å². The minimum Gasteiger partial charge on any atom is -0.481 e. The molecule has 0 unspecified atom stereocenters. The molecular formula is C31H34BN3O13S. The SMILES string of the molecule is O=C(O)CC(CC(=O)O)(OOB(O)[C@H](CC1CC1)NC(=O)[C@H](Cc1ccccc1)NS(=O)(=O)c1ccc(Oc2ccccc2)cn1)C(=O)O. The van der Waals surface area contributed by atoms with E-state index in [1.807, 2.05) is 0 Å². The van der Waals surface area contributed by atoms with Gasteiger partial charge in [-0.1, -0.05) is 61.4 Å². The van der Waals surface area contributed by atoms with E-state index in [1.54, 1.807) is 60.7 Å². The van der Waals surface area contributed by atoms with Gasteiger partial charge in [-0.15, -0.1) is 0 Å². The van der Waals surface area contributed by atoms with Crippen molar-refractivity contribution in [2.75, 3.05) is 0 Å². The number of aromatic nitrogens is 1. The molecule has 16 nitrogen and oxygen atoms in total. The lowest BCUT2D eigenvalue weighted by Gasteiger charge is -2.28. The summed E-state index contributed by atoms with van der Waals surface area (Å²) in [5, 5.41) is 40.9. The van der Waals surface area contributed by atoms with Crippen LogP contribution in [0.25, 0.3) is 0 Å². The monoisotopic (exact) mass is 699 g/mol. The maximum atomic E-state index is 13.7. The molecule has 1 fully saturated rings. The summed E-state index contributed by atoms with van der Waals surface area (Å²) in [5.74, 6) is -6.83. The van der Waals surface area contributed by atoms with Gasteiger partial charge in [0.25, 0.3) is 10.0 Å². The van der Waals surface area contributed by atoms with Crippen LogP contribution in [0.1, 0.15) is 37.7 Å². The largest absolute Gasteiger partial charge is 0.510 e. The van der Waals surface area contributed by atoms with Crippen LogP contribution < -0.4 is 14.8 Å². The predicted molar refractivity (Wildman–Crippen MR) is 169 cm³/mol. The first-order valence-electron chi connectivity index (χ1n) is 15.0. The molecule has 49 heavy (non-hydrogen) atoms. The fraction of sp³-hybridized carbons (Fsp3) is 0.323. The van der Waals surface area contributed by atoms with Gasteiger partial charge >= 0.3 is 25.0 Å². The van der Waals surface area contributed by atoms with Crippen LogP contribution in [-0.4, -0.2) is 82.3 Å². The topological polar surface area (TPSA) is 248 Å². The van der Waals surface area contributed by atoms with Crippen molar-refractivity contribution in [3.63, 3.8) is 0 Å². The number of nitrogens with one attached hydrogen (secondary N) is 2. The minimum atomic E-state index is -4.42. The third-order valence-corrected chi connectivity index (χ3v) is 8.77. The molecule has 0 bridgehead atoms. The molecular weight excluding hydrogens is 665 g/mol. The number of nitrogens with zero attached hydrogens (tertiary/aromatic N) is 1. The van der Waals surface area contributed by atoms with E-state index in [4.69, 9.17) is 14.4 Å². The molecule has 0 aliphatic heterocycles. The van der Waals surface area contributed by atoms with Crippen molar-refractivity contribution < 1.29 is 62.4 Å².